The van der Waals surface area contributed by atoms with E-state index in [9.17, 15) is 4.79 Å². The molecular weight excluding hydrogens is 268 g/mol. The number of carbonyl (C=O) groups is 1. The Kier molecular flexibility index (Phi) is 5.03. The summed E-state index contributed by atoms with van der Waals surface area (Å²) in [5.41, 5.74) is 7.42. The number of hydrogen-bond acceptors (Lipinski definition) is 3. The molecule has 3 rings (SSSR count). The molecule has 0 unspecified atom stereocenters. The lowest BCUT2D eigenvalue weighted by Crippen LogP contribution is -2.09. The molecule has 0 spiro atoms. The molecular formula is C16H14N2OS. The first kappa shape index (κ1) is 14.0. The maximum absolute atomic E-state index is 10.2. The molecule has 3 nitrogen and oxygen atoms in total. The highest BCUT2D eigenvalue weighted by Crippen LogP contribution is 2.17. The molecule has 3 aromatic rings. The average Bonchev–Trinajstić information content (AvgIpc) is 3.04. The van der Waals surface area contributed by atoms with Gasteiger partial charge in [0.1, 0.15) is 0 Å². The first-order valence-electron chi connectivity index (χ1n) is 6.07. The summed E-state index contributed by atoms with van der Waals surface area (Å²) in [5, 5.41) is 2.07. The van der Waals surface area contributed by atoms with Crippen LogP contribution in [-0.4, -0.2) is 10.9 Å². The summed E-state index contributed by atoms with van der Waals surface area (Å²) in [4.78, 5) is 13.9. The Morgan fingerprint density at radius 3 is 1.70 bits per heavy atom. The van der Waals surface area contributed by atoms with Crippen LogP contribution >= 0.6 is 11.3 Å². The number of benzene rings is 2. The lowest BCUT2D eigenvalue weighted by molar-refractivity contribution is 0.1000. The van der Waals surface area contributed by atoms with E-state index in [0.717, 1.165) is 0 Å². The van der Waals surface area contributed by atoms with E-state index in [4.69, 9.17) is 5.73 Å². The summed E-state index contributed by atoms with van der Waals surface area (Å²) in [5.74, 6) is -0.458. The van der Waals surface area contributed by atoms with E-state index < -0.39 is 5.91 Å². The molecule has 2 aromatic carbocycles. The Morgan fingerprint density at radius 1 is 0.900 bits per heavy atom. The molecule has 0 bridgehead atoms. The van der Waals surface area contributed by atoms with Crippen molar-refractivity contribution < 1.29 is 4.79 Å². The van der Waals surface area contributed by atoms with Crippen molar-refractivity contribution in [1.82, 2.24) is 4.98 Å². The van der Waals surface area contributed by atoms with Gasteiger partial charge in [-0.05, 0) is 11.1 Å². The zero-order chi connectivity index (χ0) is 14.2. The summed E-state index contributed by atoms with van der Waals surface area (Å²) >= 11 is 1.25. The number of rotatable bonds is 2. The minimum atomic E-state index is -0.458. The summed E-state index contributed by atoms with van der Waals surface area (Å²) < 4.78 is 0. The zero-order valence-electron chi connectivity index (χ0n) is 10.8. The number of carbonyl (C=O) groups excluding carboxylic acids is 1. The molecule has 1 heterocycles. The van der Waals surface area contributed by atoms with Gasteiger partial charge in [-0.3, -0.25) is 4.79 Å². The Morgan fingerprint density at radius 2 is 1.40 bits per heavy atom. The maximum atomic E-state index is 10.2. The van der Waals surface area contributed by atoms with Crippen LogP contribution < -0.4 is 5.73 Å². The van der Waals surface area contributed by atoms with Crippen molar-refractivity contribution in [3.05, 3.63) is 77.2 Å². The van der Waals surface area contributed by atoms with Crippen LogP contribution in [0.5, 0.6) is 0 Å². The Hall–Kier alpha value is -2.46. The van der Waals surface area contributed by atoms with Crippen LogP contribution in [0.2, 0.25) is 0 Å². The smallest absolute Gasteiger partial charge is 0.277 e. The average molecular weight is 282 g/mol. The van der Waals surface area contributed by atoms with Crippen molar-refractivity contribution in [2.24, 2.45) is 5.73 Å². The highest BCUT2D eigenvalue weighted by molar-refractivity contribution is 7.11. The molecule has 0 aliphatic heterocycles. The summed E-state index contributed by atoms with van der Waals surface area (Å²) in [6.07, 6.45) is 1.55. The standard InChI is InChI=1S/C12H10.C4H4N2OS/c1-3-7-11(8-4-1)12-9-5-2-6-10-12;5-3(7)4-6-1-2-8-4/h1-10H;1-2H,(H2,5,7). The van der Waals surface area contributed by atoms with Gasteiger partial charge in [0.05, 0.1) is 0 Å². The van der Waals surface area contributed by atoms with Crippen LogP contribution in [0.4, 0.5) is 0 Å². The number of amides is 1. The van der Waals surface area contributed by atoms with E-state index in [-0.39, 0.29) is 0 Å². The largest absolute Gasteiger partial charge is 0.364 e. The fraction of sp³-hybridized carbons (Fsp3) is 0. The molecule has 0 saturated heterocycles. The predicted molar refractivity (Wildman–Crippen MR) is 82.5 cm³/mol. The molecule has 100 valence electrons. The van der Waals surface area contributed by atoms with E-state index >= 15 is 0 Å². The first-order chi connectivity index (χ1) is 9.77. The number of hydrogen-bond donors (Lipinski definition) is 1. The lowest BCUT2D eigenvalue weighted by atomic mass is 10.1. The first-order valence-corrected chi connectivity index (χ1v) is 6.95. The number of nitrogens with two attached hydrogens (primary N) is 1. The Labute approximate surface area is 121 Å². The van der Waals surface area contributed by atoms with Crippen LogP contribution in [0.3, 0.4) is 0 Å². The van der Waals surface area contributed by atoms with Gasteiger partial charge in [-0.15, -0.1) is 11.3 Å². The minimum Gasteiger partial charge on any atom is -0.364 e. The van der Waals surface area contributed by atoms with Gasteiger partial charge >= 0.3 is 0 Å². The van der Waals surface area contributed by atoms with Crippen LogP contribution in [0.25, 0.3) is 11.1 Å². The Balaban J connectivity index is 0.000000160. The minimum absolute atomic E-state index is 0.366. The second kappa shape index (κ2) is 7.21. The van der Waals surface area contributed by atoms with Gasteiger partial charge in [-0.2, -0.15) is 0 Å². The molecule has 4 heteroatoms. The third-order valence-corrected chi connectivity index (χ3v) is 3.31. The molecule has 0 fully saturated rings. The van der Waals surface area contributed by atoms with E-state index in [1.54, 1.807) is 11.6 Å². The second-order valence-corrected chi connectivity index (χ2v) is 4.83. The molecule has 0 aliphatic rings. The van der Waals surface area contributed by atoms with E-state index in [0.29, 0.717) is 5.01 Å². The molecule has 0 saturated carbocycles. The zero-order valence-corrected chi connectivity index (χ0v) is 11.6. The van der Waals surface area contributed by atoms with Gasteiger partial charge in [0.15, 0.2) is 5.01 Å². The van der Waals surface area contributed by atoms with Crippen molar-refractivity contribution in [3.63, 3.8) is 0 Å². The van der Waals surface area contributed by atoms with Crippen LogP contribution in [0, 0.1) is 0 Å². The summed E-state index contributed by atoms with van der Waals surface area (Å²) in [6, 6.07) is 20.8. The van der Waals surface area contributed by atoms with Gasteiger partial charge in [0, 0.05) is 11.6 Å². The molecule has 0 aliphatic carbocycles. The van der Waals surface area contributed by atoms with Gasteiger partial charge in [-0.25, -0.2) is 4.98 Å². The number of thiazole rings is 1. The molecule has 0 atom stereocenters. The van der Waals surface area contributed by atoms with Crippen molar-refractivity contribution >= 4 is 17.2 Å². The van der Waals surface area contributed by atoms with Gasteiger partial charge in [-0.1, -0.05) is 60.7 Å². The summed E-state index contributed by atoms with van der Waals surface area (Å²) in [7, 11) is 0. The number of nitrogens with zero attached hydrogens (tertiary/aromatic N) is 1. The topological polar surface area (TPSA) is 56.0 Å². The van der Waals surface area contributed by atoms with Gasteiger partial charge < -0.3 is 5.73 Å². The second-order valence-electron chi connectivity index (χ2n) is 3.93. The van der Waals surface area contributed by atoms with E-state index in [2.05, 4.69) is 53.5 Å². The third kappa shape index (κ3) is 4.03. The van der Waals surface area contributed by atoms with Crippen LogP contribution in [0.15, 0.2) is 72.2 Å². The van der Waals surface area contributed by atoms with Crippen molar-refractivity contribution in [2.45, 2.75) is 0 Å². The SMILES string of the molecule is NC(=O)c1nccs1.c1ccc(-c2ccccc2)cc1. The Bertz CT molecular complexity index is 599. The number of aromatic nitrogens is 1. The molecule has 20 heavy (non-hydrogen) atoms. The van der Waals surface area contributed by atoms with Gasteiger partial charge in [0.25, 0.3) is 5.91 Å². The predicted octanol–water partition coefficient (Wildman–Crippen LogP) is 3.60. The quantitative estimate of drug-likeness (QED) is 0.780. The van der Waals surface area contributed by atoms with Crippen molar-refractivity contribution in [2.75, 3.05) is 0 Å². The summed E-state index contributed by atoms with van der Waals surface area (Å²) in [6.45, 7) is 0. The fourth-order valence-corrected chi connectivity index (χ4v) is 2.09. The maximum Gasteiger partial charge on any atom is 0.277 e. The highest BCUT2D eigenvalue weighted by Gasteiger charge is 1.98. The van der Waals surface area contributed by atoms with Crippen molar-refractivity contribution in [3.8, 4) is 11.1 Å². The van der Waals surface area contributed by atoms with Crippen molar-refractivity contribution in [1.29, 1.82) is 0 Å². The number of primary amides is 1. The molecule has 2 N–H and O–H groups in total. The fourth-order valence-electron chi connectivity index (χ4n) is 1.61. The van der Waals surface area contributed by atoms with Gasteiger partial charge in [0.2, 0.25) is 0 Å². The normalized spacial score (nSPS) is 9.40. The van der Waals surface area contributed by atoms with Crippen LogP contribution in [0.1, 0.15) is 9.80 Å². The molecule has 1 amide bonds. The van der Waals surface area contributed by atoms with Crippen LogP contribution in [-0.2, 0) is 0 Å². The van der Waals surface area contributed by atoms with E-state index in [1.807, 2.05) is 12.1 Å². The molecule has 1 aromatic heterocycles. The lowest BCUT2D eigenvalue weighted by Gasteiger charge is -1.98. The molecule has 0 radical (unpaired) electrons. The monoisotopic (exact) mass is 282 g/mol. The highest BCUT2D eigenvalue weighted by atomic mass is 32.1. The van der Waals surface area contributed by atoms with E-state index in [1.165, 1.54) is 22.5 Å². The third-order valence-electron chi connectivity index (χ3n) is 2.52.